The maximum atomic E-state index is 12.1. The first-order chi connectivity index (χ1) is 15.9. The van der Waals surface area contributed by atoms with Gasteiger partial charge in [-0.05, 0) is 49.1 Å². The average molecular weight is 466 g/mol. The summed E-state index contributed by atoms with van der Waals surface area (Å²) in [4.78, 5) is 12.1. The lowest BCUT2D eigenvalue weighted by Crippen LogP contribution is -2.10. The van der Waals surface area contributed by atoms with Crippen molar-refractivity contribution in [3.8, 4) is 11.5 Å². The molecule has 0 aliphatic carbocycles. The number of thioether (sulfide) groups is 1. The van der Waals surface area contributed by atoms with E-state index in [-0.39, 0.29) is 5.75 Å². The van der Waals surface area contributed by atoms with Gasteiger partial charge in [0.15, 0.2) is 11.0 Å². The molecule has 0 spiro atoms. The monoisotopic (exact) mass is 465 g/mol. The van der Waals surface area contributed by atoms with Gasteiger partial charge in [-0.2, -0.15) is 0 Å². The molecule has 0 saturated heterocycles. The summed E-state index contributed by atoms with van der Waals surface area (Å²) in [7, 11) is 0. The van der Waals surface area contributed by atoms with Gasteiger partial charge >= 0.3 is 5.63 Å². The Balaban J connectivity index is 1.58. The molecule has 0 amide bonds. The van der Waals surface area contributed by atoms with Crippen molar-refractivity contribution in [2.45, 2.75) is 51.3 Å². The summed E-state index contributed by atoms with van der Waals surface area (Å²) in [5.74, 6) is 2.70. The van der Waals surface area contributed by atoms with Gasteiger partial charge in [0.1, 0.15) is 23.7 Å². The van der Waals surface area contributed by atoms with Crippen molar-refractivity contribution in [1.82, 2.24) is 14.8 Å². The number of fused-ring (bicyclic) bond motifs is 1. The van der Waals surface area contributed by atoms with Gasteiger partial charge in [-0.1, -0.05) is 43.8 Å². The van der Waals surface area contributed by atoms with Crippen LogP contribution in [0.2, 0.25) is 0 Å². The first kappa shape index (κ1) is 22.9. The SMILES string of the molecule is Cc1c(O)ccc2c(CSc3nnc(COc4ccccc4)n3CCC(C)C)cc(=O)oc12. The van der Waals surface area contributed by atoms with E-state index in [1.807, 2.05) is 30.3 Å². The molecule has 2 aromatic carbocycles. The molecule has 0 saturated carbocycles. The predicted molar refractivity (Wildman–Crippen MR) is 129 cm³/mol. The largest absolute Gasteiger partial charge is 0.508 e. The van der Waals surface area contributed by atoms with E-state index in [1.54, 1.807) is 19.1 Å². The molecule has 7 nitrogen and oxygen atoms in total. The first-order valence-corrected chi connectivity index (χ1v) is 11.9. The first-order valence-electron chi connectivity index (χ1n) is 10.9. The molecule has 0 atom stereocenters. The third kappa shape index (κ3) is 5.39. The highest BCUT2D eigenvalue weighted by Crippen LogP contribution is 2.31. The Morgan fingerprint density at radius 1 is 1.15 bits per heavy atom. The van der Waals surface area contributed by atoms with Gasteiger partial charge in [0.25, 0.3) is 0 Å². The number of aromatic hydroxyl groups is 1. The zero-order valence-electron chi connectivity index (χ0n) is 18.9. The molecular formula is C25H27N3O4S. The molecule has 8 heteroatoms. The summed E-state index contributed by atoms with van der Waals surface area (Å²) in [6.07, 6.45) is 0.986. The summed E-state index contributed by atoms with van der Waals surface area (Å²) in [6.45, 7) is 7.21. The van der Waals surface area contributed by atoms with E-state index in [4.69, 9.17) is 9.15 Å². The molecule has 0 aliphatic rings. The van der Waals surface area contributed by atoms with E-state index in [0.29, 0.717) is 29.4 Å². The Hall–Kier alpha value is -3.26. The highest BCUT2D eigenvalue weighted by molar-refractivity contribution is 7.98. The summed E-state index contributed by atoms with van der Waals surface area (Å²) in [5.41, 5.74) is 1.35. The maximum Gasteiger partial charge on any atom is 0.336 e. The standard InChI is InChI=1S/C25H27N3O4S/c1-16(2)11-12-28-22(14-31-19-7-5-4-6-8-19)26-27-25(28)33-15-18-13-23(30)32-24-17(3)21(29)10-9-20(18)24/h4-10,13,16,29H,11-12,14-15H2,1-3H3. The minimum absolute atomic E-state index is 0.104. The molecule has 0 unspecified atom stereocenters. The Morgan fingerprint density at radius 3 is 2.70 bits per heavy atom. The van der Waals surface area contributed by atoms with Crippen LogP contribution in [0.15, 0.2) is 62.9 Å². The Labute approximate surface area is 196 Å². The topological polar surface area (TPSA) is 90.4 Å². The van der Waals surface area contributed by atoms with Gasteiger partial charge in [-0.3, -0.25) is 0 Å². The number of nitrogens with zero attached hydrogens (tertiary/aromatic N) is 3. The smallest absolute Gasteiger partial charge is 0.336 e. The molecule has 172 valence electrons. The minimum atomic E-state index is -0.440. The Morgan fingerprint density at radius 2 is 1.94 bits per heavy atom. The summed E-state index contributed by atoms with van der Waals surface area (Å²) < 4.78 is 13.4. The number of rotatable bonds is 9. The molecule has 0 bridgehead atoms. The molecule has 1 N–H and O–H groups in total. The Kier molecular flexibility index (Phi) is 7.03. The fraction of sp³-hybridized carbons (Fsp3) is 0.320. The number of ether oxygens (including phenoxy) is 1. The molecule has 0 fully saturated rings. The van der Waals surface area contributed by atoms with Gasteiger partial charge in [0.05, 0.1) is 0 Å². The minimum Gasteiger partial charge on any atom is -0.508 e. The van der Waals surface area contributed by atoms with Crippen molar-refractivity contribution >= 4 is 22.7 Å². The van der Waals surface area contributed by atoms with Crippen LogP contribution in [0.25, 0.3) is 11.0 Å². The molecular weight excluding hydrogens is 438 g/mol. The fourth-order valence-corrected chi connectivity index (χ4v) is 4.46. The predicted octanol–water partition coefficient (Wildman–Crippen LogP) is 5.32. The second kappa shape index (κ2) is 10.1. The normalized spacial score (nSPS) is 11.4. The third-order valence-electron chi connectivity index (χ3n) is 5.41. The van der Waals surface area contributed by atoms with Gasteiger partial charge in [-0.15, -0.1) is 10.2 Å². The number of aromatic nitrogens is 3. The molecule has 0 radical (unpaired) electrons. The summed E-state index contributed by atoms with van der Waals surface area (Å²) in [6, 6.07) is 14.5. The summed E-state index contributed by atoms with van der Waals surface area (Å²) >= 11 is 1.52. The van der Waals surface area contributed by atoms with E-state index in [9.17, 15) is 9.90 Å². The maximum absolute atomic E-state index is 12.1. The van der Waals surface area contributed by atoms with Crippen molar-refractivity contribution in [1.29, 1.82) is 0 Å². The van der Waals surface area contributed by atoms with E-state index in [0.717, 1.165) is 40.6 Å². The third-order valence-corrected chi connectivity index (χ3v) is 6.42. The molecule has 0 aliphatic heterocycles. The number of phenols is 1. The van der Waals surface area contributed by atoms with Crippen LogP contribution in [0.3, 0.4) is 0 Å². The van der Waals surface area contributed by atoms with E-state index in [1.165, 1.54) is 17.8 Å². The van der Waals surface area contributed by atoms with Crippen LogP contribution in [0.5, 0.6) is 11.5 Å². The molecule has 2 aromatic heterocycles. The van der Waals surface area contributed by atoms with Crippen LogP contribution >= 0.6 is 11.8 Å². The highest BCUT2D eigenvalue weighted by atomic mass is 32.2. The van der Waals surface area contributed by atoms with Crippen LogP contribution in [0.1, 0.15) is 37.2 Å². The zero-order valence-corrected chi connectivity index (χ0v) is 19.8. The van der Waals surface area contributed by atoms with Gasteiger partial charge in [0.2, 0.25) is 0 Å². The average Bonchev–Trinajstić information content (AvgIpc) is 3.19. The number of para-hydroxylation sites is 1. The van der Waals surface area contributed by atoms with Gasteiger partial charge in [0, 0.05) is 29.3 Å². The number of hydrogen-bond donors (Lipinski definition) is 1. The van der Waals surface area contributed by atoms with Crippen molar-refractivity contribution in [3.63, 3.8) is 0 Å². The van der Waals surface area contributed by atoms with Crippen molar-refractivity contribution in [3.05, 3.63) is 75.9 Å². The number of benzene rings is 2. The van der Waals surface area contributed by atoms with E-state index in [2.05, 4.69) is 28.6 Å². The number of hydrogen-bond acceptors (Lipinski definition) is 7. The van der Waals surface area contributed by atoms with Crippen LogP contribution in [-0.4, -0.2) is 19.9 Å². The quantitative estimate of drug-likeness (QED) is 0.264. The van der Waals surface area contributed by atoms with E-state index < -0.39 is 5.63 Å². The number of phenolic OH excluding ortho intramolecular Hbond substituents is 1. The van der Waals surface area contributed by atoms with Gasteiger partial charge < -0.3 is 18.8 Å². The second-order valence-electron chi connectivity index (χ2n) is 8.30. The Bertz CT molecular complexity index is 1300. The fourth-order valence-electron chi connectivity index (χ4n) is 3.49. The number of aryl methyl sites for hydroxylation is 1. The second-order valence-corrected chi connectivity index (χ2v) is 9.24. The summed E-state index contributed by atoms with van der Waals surface area (Å²) in [5, 5.41) is 20.4. The lowest BCUT2D eigenvalue weighted by molar-refractivity contribution is 0.285. The zero-order chi connectivity index (χ0) is 23.4. The molecule has 2 heterocycles. The van der Waals surface area contributed by atoms with Crippen molar-refractivity contribution < 1.29 is 14.3 Å². The van der Waals surface area contributed by atoms with Crippen molar-refractivity contribution in [2.75, 3.05) is 0 Å². The molecule has 4 aromatic rings. The van der Waals surface area contributed by atoms with Crippen LogP contribution in [0, 0.1) is 12.8 Å². The van der Waals surface area contributed by atoms with Crippen LogP contribution < -0.4 is 10.4 Å². The molecule has 4 rings (SSSR count). The van der Waals surface area contributed by atoms with Crippen molar-refractivity contribution in [2.24, 2.45) is 5.92 Å². The van der Waals surface area contributed by atoms with Gasteiger partial charge in [-0.25, -0.2) is 4.79 Å². The lowest BCUT2D eigenvalue weighted by Gasteiger charge is -2.13. The van der Waals surface area contributed by atoms with E-state index >= 15 is 0 Å². The highest BCUT2D eigenvalue weighted by Gasteiger charge is 2.16. The van der Waals surface area contributed by atoms with Crippen LogP contribution in [0.4, 0.5) is 0 Å². The van der Waals surface area contributed by atoms with Crippen LogP contribution in [-0.2, 0) is 18.9 Å². The lowest BCUT2D eigenvalue weighted by atomic mass is 10.1. The molecule has 33 heavy (non-hydrogen) atoms.